The van der Waals surface area contributed by atoms with Crippen LogP contribution in [-0.2, 0) is 0 Å². The summed E-state index contributed by atoms with van der Waals surface area (Å²) in [6.07, 6.45) is 0. The third kappa shape index (κ3) is 2.99. The van der Waals surface area contributed by atoms with Crippen LogP contribution in [0.3, 0.4) is 0 Å². The van der Waals surface area contributed by atoms with Gasteiger partial charge in [0, 0.05) is 6.07 Å². The lowest BCUT2D eigenvalue weighted by Crippen LogP contribution is -2.14. The Bertz CT molecular complexity index is 691. The van der Waals surface area contributed by atoms with Crippen LogP contribution in [0.4, 0.5) is 14.5 Å². The molecule has 2 aromatic carbocycles. The molecule has 0 saturated heterocycles. The van der Waals surface area contributed by atoms with Crippen LogP contribution < -0.4 is 5.32 Å². The molecule has 0 fully saturated rings. The second-order valence-corrected chi connectivity index (χ2v) is 5.37. The summed E-state index contributed by atoms with van der Waals surface area (Å²) >= 11 is 8.88. The second-order valence-electron chi connectivity index (χ2n) is 4.14. The molecule has 2 rings (SSSR count). The minimum Gasteiger partial charge on any atom is -0.319 e. The number of nitrogens with one attached hydrogen (secondary N) is 1. The molecule has 0 aromatic heterocycles. The molecule has 0 saturated carbocycles. The van der Waals surface area contributed by atoms with Crippen molar-refractivity contribution in [1.29, 1.82) is 0 Å². The Morgan fingerprint density at radius 1 is 1.25 bits per heavy atom. The van der Waals surface area contributed by atoms with Gasteiger partial charge in [0.2, 0.25) is 0 Å². The Kier molecular flexibility index (Phi) is 4.40. The second kappa shape index (κ2) is 5.89. The molecule has 20 heavy (non-hydrogen) atoms. The molecule has 0 aliphatic carbocycles. The lowest BCUT2D eigenvalue weighted by atomic mass is 10.1. The number of rotatable bonds is 2. The summed E-state index contributed by atoms with van der Waals surface area (Å²) in [7, 11) is 0. The largest absolute Gasteiger partial charge is 0.319 e. The van der Waals surface area contributed by atoms with E-state index in [0.717, 1.165) is 17.7 Å². The predicted octanol–water partition coefficient (Wildman–Crippen LogP) is 4.94. The molecule has 1 N–H and O–H groups in total. The van der Waals surface area contributed by atoms with Gasteiger partial charge in [-0.3, -0.25) is 4.79 Å². The van der Waals surface area contributed by atoms with E-state index in [1.54, 1.807) is 19.1 Å². The van der Waals surface area contributed by atoms with Crippen molar-refractivity contribution in [3.05, 3.63) is 62.6 Å². The zero-order chi connectivity index (χ0) is 14.9. The van der Waals surface area contributed by atoms with Gasteiger partial charge in [-0.05, 0) is 40.5 Å². The summed E-state index contributed by atoms with van der Waals surface area (Å²) < 4.78 is 27.0. The summed E-state index contributed by atoms with van der Waals surface area (Å²) in [5.74, 6) is -2.01. The predicted molar refractivity (Wildman–Crippen MR) is 78.2 cm³/mol. The van der Waals surface area contributed by atoms with Gasteiger partial charge in [0.1, 0.15) is 11.6 Å². The first kappa shape index (κ1) is 14.9. The van der Waals surface area contributed by atoms with Crippen LogP contribution in [0.2, 0.25) is 5.02 Å². The van der Waals surface area contributed by atoms with Crippen LogP contribution >= 0.6 is 27.5 Å². The van der Waals surface area contributed by atoms with Crippen molar-refractivity contribution in [3.8, 4) is 0 Å². The number of halogens is 4. The molecule has 0 spiro atoms. The van der Waals surface area contributed by atoms with Gasteiger partial charge in [-0.25, -0.2) is 8.78 Å². The highest BCUT2D eigenvalue weighted by atomic mass is 79.9. The number of hydrogen-bond acceptors (Lipinski definition) is 1. The highest BCUT2D eigenvalue weighted by Crippen LogP contribution is 2.25. The molecule has 0 heterocycles. The fourth-order valence-corrected chi connectivity index (χ4v) is 2.16. The molecule has 0 atom stereocenters. The van der Waals surface area contributed by atoms with Crippen molar-refractivity contribution < 1.29 is 13.6 Å². The highest BCUT2D eigenvalue weighted by Gasteiger charge is 2.15. The molecule has 0 radical (unpaired) electrons. The van der Waals surface area contributed by atoms with E-state index in [1.165, 1.54) is 6.07 Å². The molecule has 0 aliphatic heterocycles. The first-order valence-electron chi connectivity index (χ1n) is 5.61. The fourth-order valence-electron chi connectivity index (χ4n) is 1.63. The molecular formula is C14H9BrClF2NO. The topological polar surface area (TPSA) is 29.1 Å². The molecule has 104 valence electrons. The van der Waals surface area contributed by atoms with Crippen LogP contribution in [-0.4, -0.2) is 5.91 Å². The Morgan fingerprint density at radius 3 is 2.65 bits per heavy atom. The van der Waals surface area contributed by atoms with Crippen molar-refractivity contribution in [1.82, 2.24) is 0 Å². The number of benzene rings is 2. The first-order valence-corrected chi connectivity index (χ1v) is 6.78. The Morgan fingerprint density at radius 2 is 1.95 bits per heavy atom. The molecule has 2 aromatic rings. The van der Waals surface area contributed by atoms with E-state index in [2.05, 4.69) is 21.2 Å². The minimum absolute atomic E-state index is 0.0124. The van der Waals surface area contributed by atoms with Crippen molar-refractivity contribution in [3.63, 3.8) is 0 Å². The molecule has 6 heteroatoms. The standard InChI is InChI=1S/C14H9BrClF2NO/c1-7-3-2-4-8(13(7)16)14(20)19-12-6-10(17)9(15)5-11(12)18/h2-6H,1H3,(H,19,20). The monoisotopic (exact) mass is 359 g/mol. The Hall–Kier alpha value is -1.46. The quantitative estimate of drug-likeness (QED) is 0.755. The molecule has 0 unspecified atom stereocenters. The third-order valence-electron chi connectivity index (χ3n) is 2.69. The fraction of sp³-hybridized carbons (Fsp3) is 0.0714. The zero-order valence-corrected chi connectivity index (χ0v) is 12.6. The number of carbonyl (C=O) groups excluding carboxylic acids is 1. The van der Waals surface area contributed by atoms with Gasteiger partial charge < -0.3 is 5.32 Å². The van der Waals surface area contributed by atoms with Crippen LogP contribution in [0.15, 0.2) is 34.8 Å². The van der Waals surface area contributed by atoms with Gasteiger partial charge in [-0.1, -0.05) is 23.7 Å². The number of hydrogen-bond donors (Lipinski definition) is 1. The van der Waals surface area contributed by atoms with Gasteiger partial charge in [0.15, 0.2) is 0 Å². The van der Waals surface area contributed by atoms with Crippen molar-refractivity contribution >= 4 is 39.1 Å². The van der Waals surface area contributed by atoms with E-state index < -0.39 is 17.5 Å². The van der Waals surface area contributed by atoms with Crippen molar-refractivity contribution in [2.24, 2.45) is 0 Å². The summed E-state index contributed by atoms with van der Waals surface area (Å²) in [5.41, 5.74) is 0.685. The smallest absolute Gasteiger partial charge is 0.257 e. The Labute approximate surface area is 127 Å². The van der Waals surface area contributed by atoms with E-state index in [-0.39, 0.29) is 20.7 Å². The Balaban J connectivity index is 2.33. The summed E-state index contributed by atoms with van der Waals surface area (Å²) in [6.45, 7) is 1.75. The lowest BCUT2D eigenvalue weighted by molar-refractivity contribution is 0.102. The summed E-state index contributed by atoms with van der Waals surface area (Å²) in [5, 5.41) is 2.58. The van der Waals surface area contributed by atoms with E-state index >= 15 is 0 Å². The normalized spacial score (nSPS) is 10.4. The van der Waals surface area contributed by atoms with E-state index in [9.17, 15) is 13.6 Å². The lowest BCUT2D eigenvalue weighted by Gasteiger charge is -2.09. The van der Waals surface area contributed by atoms with Crippen molar-refractivity contribution in [2.45, 2.75) is 6.92 Å². The third-order valence-corrected chi connectivity index (χ3v) is 3.80. The maximum absolute atomic E-state index is 13.6. The molecule has 2 nitrogen and oxygen atoms in total. The SMILES string of the molecule is Cc1cccc(C(=O)Nc2cc(F)c(Br)cc2F)c1Cl. The highest BCUT2D eigenvalue weighted by molar-refractivity contribution is 9.10. The number of carbonyl (C=O) groups is 1. The van der Waals surface area contributed by atoms with Crippen LogP contribution in [0.5, 0.6) is 0 Å². The molecule has 1 amide bonds. The number of aryl methyl sites for hydroxylation is 1. The van der Waals surface area contributed by atoms with Crippen LogP contribution in [0.1, 0.15) is 15.9 Å². The molecule has 0 bridgehead atoms. The zero-order valence-electron chi connectivity index (χ0n) is 10.3. The maximum atomic E-state index is 13.6. The number of amides is 1. The van der Waals surface area contributed by atoms with Crippen LogP contribution in [0, 0.1) is 18.6 Å². The van der Waals surface area contributed by atoms with Gasteiger partial charge >= 0.3 is 0 Å². The van der Waals surface area contributed by atoms with E-state index in [0.29, 0.717) is 0 Å². The number of anilines is 1. The summed E-state index contributed by atoms with van der Waals surface area (Å²) in [4.78, 5) is 12.0. The molecular weight excluding hydrogens is 352 g/mol. The van der Waals surface area contributed by atoms with Gasteiger partial charge in [-0.2, -0.15) is 0 Å². The summed E-state index contributed by atoms with van der Waals surface area (Å²) in [6, 6.07) is 6.77. The van der Waals surface area contributed by atoms with Crippen molar-refractivity contribution in [2.75, 3.05) is 5.32 Å². The van der Waals surface area contributed by atoms with E-state index in [1.807, 2.05) is 0 Å². The minimum atomic E-state index is -0.740. The molecule has 0 aliphatic rings. The van der Waals surface area contributed by atoms with Crippen LogP contribution in [0.25, 0.3) is 0 Å². The average molecular weight is 361 g/mol. The van der Waals surface area contributed by atoms with Gasteiger partial charge in [-0.15, -0.1) is 0 Å². The van der Waals surface area contributed by atoms with Gasteiger partial charge in [0.05, 0.1) is 20.7 Å². The maximum Gasteiger partial charge on any atom is 0.257 e. The van der Waals surface area contributed by atoms with Gasteiger partial charge in [0.25, 0.3) is 5.91 Å². The van der Waals surface area contributed by atoms with E-state index in [4.69, 9.17) is 11.6 Å². The average Bonchev–Trinajstić information content (AvgIpc) is 2.39. The first-order chi connectivity index (χ1) is 9.40.